The molecule has 2 N–H and O–H groups in total. The molecule has 1 rings (SSSR count). The fourth-order valence-electron chi connectivity index (χ4n) is 0.715. The van der Waals surface area contributed by atoms with Crippen LogP contribution in [-0.2, 0) is 10.3 Å². The van der Waals surface area contributed by atoms with Crippen molar-refractivity contribution in [3.63, 3.8) is 0 Å². The van der Waals surface area contributed by atoms with Gasteiger partial charge in [-0.3, -0.25) is 0 Å². The lowest BCUT2D eigenvalue weighted by Gasteiger charge is -2.00. The molecule has 0 aromatic heterocycles. The molecule has 60 valence electrons. The number of hydrogen-bond donors (Lipinski definition) is 2. The molecular weight excluding hydrogens is 210 g/mol. The molecule has 0 unspecified atom stereocenters. The zero-order valence-electron chi connectivity index (χ0n) is 5.75. The lowest BCUT2D eigenvalue weighted by atomic mass is 10.2. The van der Waals surface area contributed by atoms with Gasteiger partial charge in [-0.05, 0) is 17.7 Å². The molecule has 0 amide bonds. The molecule has 0 saturated carbocycles. The Morgan fingerprint density at radius 2 is 2.00 bits per heavy atom. The Hall–Kier alpha value is -0.580. The van der Waals surface area contributed by atoms with E-state index in [9.17, 15) is 0 Å². The van der Waals surface area contributed by atoms with Gasteiger partial charge in [0.1, 0.15) is 0 Å². The summed E-state index contributed by atoms with van der Waals surface area (Å²) in [7, 11) is 0. The zero-order chi connectivity index (χ0) is 8.10. The monoisotopic (exact) mass is 217 g/mol. The van der Waals surface area contributed by atoms with Crippen molar-refractivity contribution in [2.24, 2.45) is 0 Å². The number of anilines is 1. The third-order valence-corrected chi connectivity index (χ3v) is 1.92. The van der Waals surface area contributed by atoms with E-state index in [4.69, 9.17) is 5.26 Å². The van der Waals surface area contributed by atoms with E-state index >= 15 is 0 Å². The Morgan fingerprint density at radius 1 is 1.36 bits per heavy atom. The maximum Gasteiger partial charge on any atom is 0.0634 e. The fraction of sp³-hybridized carbons (Fsp3) is 0.143. The van der Waals surface area contributed by atoms with Gasteiger partial charge in [0.25, 0.3) is 0 Å². The molecule has 1 aromatic rings. The second kappa shape index (κ2) is 4.33. The first-order valence-electron chi connectivity index (χ1n) is 3.08. The van der Waals surface area contributed by atoms with Crippen LogP contribution >= 0.6 is 15.9 Å². The van der Waals surface area contributed by atoms with E-state index in [0.29, 0.717) is 0 Å². The average molecular weight is 218 g/mol. The van der Waals surface area contributed by atoms with Crippen molar-refractivity contribution in [2.45, 2.75) is 5.33 Å². The van der Waals surface area contributed by atoms with E-state index in [0.717, 1.165) is 11.0 Å². The quantitative estimate of drug-likeness (QED) is 0.465. The fourth-order valence-corrected chi connectivity index (χ4v) is 1.09. The summed E-state index contributed by atoms with van der Waals surface area (Å²) < 4.78 is 0. The van der Waals surface area contributed by atoms with Gasteiger partial charge in [0, 0.05) is 5.33 Å². The van der Waals surface area contributed by atoms with Crippen LogP contribution in [0.2, 0.25) is 0 Å². The minimum atomic E-state index is 0.720. The largest absolute Gasteiger partial charge is 0.236 e. The molecule has 0 aliphatic carbocycles. The predicted molar refractivity (Wildman–Crippen MR) is 46.4 cm³/mol. The van der Waals surface area contributed by atoms with Crippen LogP contribution in [0.25, 0.3) is 0 Å². The summed E-state index contributed by atoms with van der Waals surface area (Å²) in [6.45, 7) is 0. The standard InChI is InChI=1S/C7H8BrNO2/c8-5-6-1-3-7(4-2-6)9-11-10/h1-4,9-10H,5H2. The summed E-state index contributed by atoms with van der Waals surface area (Å²) in [6, 6.07) is 7.48. The lowest BCUT2D eigenvalue weighted by Crippen LogP contribution is -1.95. The highest BCUT2D eigenvalue weighted by atomic mass is 79.9. The van der Waals surface area contributed by atoms with Crippen LogP contribution in [0.15, 0.2) is 24.3 Å². The summed E-state index contributed by atoms with van der Waals surface area (Å²) in [5.41, 5.74) is 4.19. The Kier molecular flexibility index (Phi) is 3.35. The number of alkyl halides is 1. The Morgan fingerprint density at radius 3 is 2.45 bits per heavy atom. The SMILES string of the molecule is OONc1ccc(CBr)cc1. The average Bonchev–Trinajstić information content (AvgIpc) is 2.07. The van der Waals surface area contributed by atoms with Gasteiger partial charge in [-0.25, -0.2) is 10.7 Å². The van der Waals surface area contributed by atoms with Crippen LogP contribution in [0.1, 0.15) is 5.56 Å². The van der Waals surface area contributed by atoms with Crippen LogP contribution in [0.3, 0.4) is 0 Å². The number of halogens is 1. The maximum absolute atomic E-state index is 8.03. The summed E-state index contributed by atoms with van der Waals surface area (Å²) in [5, 5.41) is 8.85. The molecule has 0 saturated heterocycles. The molecule has 4 heteroatoms. The highest BCUT2D eigenvalue weighted by Crippen LogP contribution is 2.11. The first-order valence-corrected chi connectivity index (χ1v) is 4.20. The molecular formula is C7H8BrNO2. The third kappa shape index (κ3) is 2.49. The van der Waals surface area contributed by atoms with E-state index in [1.165, 1.54) is 5.56 Å². The highest BCUT2D eigenvalue weighted by Gasteiger charge is 1.90. The molecule has 0 bridgehead atoms. The minimum Gasteiger partial charge on any atom is -0.236 e. The predicted octanol–water partition coefficient (Wildman–Crippen LogP) is 2.40. The van der Waals surface area contributed by atoms with E-state index in [-0.39, 0.29) is 0 Å². The van der Waals surface area contributed by atoms with Gasteiger partial charge in [-0.1, -0.05) is 28.1 Å². The van der Waals surface area contributed by atoms with Crippen molar-refractivity contribution in [3.8, 4) is 0 Å². The van der Waals surface area contributed by atoms with Crippen molar-refractivity contribution >= 4 is 21.6 Å². The van der Waals surface area contributed by atoms with Gasteiger partial charge >= 0.3 is 0 Å². The van der Waals surface area contributed by atoms with Crippen molar-refractivity contribution in [2.75, 3.05) is 5.48 Å². The van der Waals surface area contributed by atoms with Crippen molar-refractivity contribution < 1.29 is 10.2 Å². The third-order valence-electron chi connectivity index (χ3n) is 1.27. The molecule has 0 heterocycles. The zero-order valence-corrected chi connectivity index (χ0v) is 7.34. The van der Waals surface area contributed by atoms with E-state index in [1.54, 1.807) is 0 Å². The molecule has 1 aromatic carbocycles. The van der Waals surface area contributed by atoms with Crippen molar-refractivity contribution in [1.82, 2.24) is 0 Å². The minimum absolute atomic E-state index is 0.720. The molecule has 0 aliphatic heterocycles. The summed E-state index contributed by atoms with van der Waals surface area (Å²) >= 11 is 3.32. The lowest BCUT2D eigenvalue weighted by molar-refractivity contribution is -0.215. The molecule has 0 radical (unpaired) electrons. The summed E-state index contributed by atoms with van der Waals surface area (Å²) in [5.74, 6) is 0. The molecule has 3 nitrogen and oxygen atoms in total. The molecule has 0 spiro atoms. The number of nitrogens with one attached hydrogen (secondary N) is 1. The van der Waals surface area contributed by atoms with Crippen LogP contribution in [-0.4, -0.2) is 5.26 Å². The van der Waals surface area contributed by atoms with Crippen LogP contribution < -0.4 is 5.48 Å². The number of hydrogen-bond acceptors (Lipinski definition) is 3. The van der Waals surface area contributed by atoms with Crippen molar-refractivity contribution in [3.05, 3.63) is 29.8 Å². The van der Waals surface area contributed by atoms with E-state index < -0.39 is 0 Å². The van der Waals surface area contributed by atoms with Gasteiger partial charge in [-0.15, -0.1) is 4.99 Å². The maximum atomic E-state index is 8.03. The van der Waals surface area contributed by atoms with Crippen LogP contribution in [0, 0.1) is 0 Å². The van der Waals surface area contributed by atoms with Gasteiger partial charge < -0.3 is 0 Å². The van der Waals surface area contributed by atoms with Crippen molar-refractivity contribution in [1.29, 1.82) is 0 Å². The topological polar surface area (TPSA) is 41.5 Å². The second-order valence-electron chi connectivity index (χ2n) is 2.02. The Labute approximate surface area is 73.0 Å². The van der Waals surface area contributed by atoms with Gasteiger partial charge in [-0.2, -0.15) is 0 Å². The van der Waals surface area contributed by atoms with E-state index in [1.807, 2.05) is 24.3 Å². The van der Waals surface area contributed by atoms with Gasteiger partial charge in [0.2, 0.25) is 0 Å². The molecule has 0 fully saturated rings. The highest BCUT2D eigenvalue weighted by molar-refractivity contribution is 9.08. The normalized spacial score (nSPS) is 9.64. The first-order chi connectivity index (χ1) is 5.36. The van der Waals surface area contributed by atoms with E-state index in [2.05, 4.69) is 26.4 Å². The Balaban J connectivity index is 2.66. The number of benzene rings is 1. The first kappa shape index (κ1) is 8.52. The number of rotatable bonds is 3. The second-order valence-corrected chi connectivity index (χ2v) is 2.58. The molecule has 11 heavy (non-hydrogen) atoms. The van der Waals surface area contributed by atoms with Gasteiger partial charge in [0.15, 0.2) is 0 Å². The summed E-state index contributed by atoms with van der Waals surface area (Å²) in [6.07, 6.45) is 0. The summed E-state index contributed by atoms with van der Waals surface area (Å²) in [4.78, 5) is 3.74. The Bertz CT molecular complexity index is 212. The van der Waals surface area contributed by atoms with Crippen LogP contribution in [0.5, 0.6) is 0 Å². The van der Waals surface area contributed by atoms with Crippen LogP contribution in [0.4, 0.5) is 5.69 Å². The van der Waals surface area contributed by atoms with Gasteiger partial charge in [0.05, 0.1) is 5.69 Å². The smallest absolute Gasteiger partial charge is 0.0634 e. The molecule has 0 atom stereocenters. The molecule has 0 aliphatic rings.